The second-order valence-electron chi connectivity index (χ2n) is 12.5. The maximum atomic E-state index is 13.8. The summed E-state index contributed by atoms with van der Waals surface area (Å²) in [6, 6.07) is 9.43. The van der Waals surface area contributed by atoms with E-state index in [4.69, 9.17) is 16.3 Å². The standard InChI is InChI=1S/C31H33ClN2O4S/c1-33(26(36)13-19-16-39-24-7-5-20(32)14-21(19)24)22-8-9-31(37)25-12-18-4-6-23(35)28-27(18)30(31,29(22)38-28)10-11-34(25)15-17-2-3-17/h4-7,14,16-17,22,25,29,35,37H,2-3,8-13,15H2,1H3/t22-,25+,29+,30+,31-/m1/s1. The van der Waals surface area contributed by atoms with Crippen LogP contribution < -0.4 is 4.74 Å². The number of hydrogen-bond donors (Lipinski definition) is 2. The number of phenols is 1. The van der Waals surface area contributed by atoms with E-state index in [1.165, 1.54) is 18.4 Å². The van der Waals surface area contributed by atoms with Crippen molar-refractivity contribution in [2.45, 2.75) is 74.1 Å². The highest BCUT2D eigenvalue weighted by atomic mass is 35.5. The number of likely N-dealkylation sites (tertiary alicyclic amines) is 1. The van der Waals surface area contributed by atoms with Crippen LogP contribution in [0, 0.1) is 5.92 Å². The van der Waals surface area contributed by atoms with Gasteiger partial charge >= 0.3 is 0 Å². The summed E-state index contributed by atoms with van der Waals surface area (Å²) < 4.78 is 7.79. The predicted molar refractivity (Wildman–Crippen MR) is 152 cm³/mol. The van der Waals surface area contributed by atoms with Crippen molar-refractivity contribution >= 4 is 38.9 Å². The summed E-state index contributed by atoms with van der Waals surface area (Å²) in [4.78, 5) is 18.2. The number of thiophene rings is 1. The highest BCUT2D eigenvalue weighted by molar-refractivity contribution is 7.17. The number of phenolic OH excluding ortho intramolecular Hbond substituents is 1. The Balaban J connectivity index is 1.16. The number of carbonyl (C=O) groups excluding carboxylic acids is 1. The summed E-state index contributed by atoms with van der Waals surface area (Å²) >= 11 is 7.90. The molecule has 6 nitrogen and oxygen atoms in total. The average Bonchev–Trinajstić information content (AvgIpc) is 3.54. The number of aliphatic hydroxyl groups is 1. The Hall–Kier alpha value is -2.32. The minimum Gasteiger partial charge on any atom is -0.504 e. The number of aromatic hydroxyl groups is 1. The minimum absolute atomic E-state index is 0.0315. The summed E-state index contributed by atoms with van der Waals surface area (Å²) in [6.07, 6.45) is 5.29. The quantitative estimate of drug-likeness (QED) is 0.461. The Morgan fingerprint density at radius 1 is 1.23 bits per heavy atom. The van der Waals surface area contributed by atoms with E-state index in [1.807, 2.05) is 36.2 Å². The number of fused-ring (bicyclic) bond motifs is 1. The minimum atomic E-state index is -0.947. The molecule has 0 radical (unpaired) electrons. The summed E-state index contributed by atoms with van der Waals surface area (Å²) in [5.74, 6) is 1.44. The second kappa shape index (κ2) is 8.35. The first-order valence-electron chi connectivity index (χ1n) is 14.2. The molecule has 8 heteroatoms. The molecule has 3 aromatic rings. The maximum absolute atomic E-state index is 13.8. The number of amides is 1. The van der Waals surface area contributed by atoms with Gasteiger partial charge in [0, 0.05) is 34.9 Å². The van der Waals surface area contributed by atoms with E-state index in [0.29, 0.717) is 30.0 Å². The van der Waals surface area contributed by atoms with Crippen molar-refractivity contribution in [3.63, 3.8) is 0 Å². The van der Waals surface area contributed by atoms with Crippen LogP contribution >= 0.6 is 22.9 Å². The molecule has 2 aliphatic heterocycles. The van der Waals surface area contributed by atoms with Gasteiger partial charge in [0.25, 0.3) is 0 Å². The van der Waals surface area contributed by atoms with Gasteiger partial charge in [-0.05, 0) is 97.1 Å². The van der Waals surface area contributed by atoms with Crippen LogP contribution in [0.4, 0.5) is 0 Å². The number of piperidine rings is 1. The lowest BCUT2D eigenvalue weighted by Crippen LogP contribution is -2.78. The van der Waals surface area contributed by atoms with Crippen molar-refractivity contribution in [3.8, 4) is 11.5 Å². The topological polar surface area (TPSA) is 73.2 Å². The first-order chi connectivity index (χ1) is 18.8. The zero-order chi connectivity index (χ0) is 26.7. The van der Waals surface area contributed by atoms with E-state index >= 15 is 0 Å². The number of ether oxygens (including phenoxy) is 1. The molecule has 5 atom stereocenters. The lowest BCUT2D eigenvalue weighted by atomic mass is 9.48. The third-order valence-electron chi connectivity index (χ3n) is 10.6. The molecule has 3 fully saturated rings. The van der Waals surface area contributed by atoms with Crippen LogP contribution in [0.3, 0.4) is 0 Å². The van der Waals surface area contributed by atoms with Crippen molar-refractivity contribution in [2.24, 2.45) is 5.92 Å². The van der Waals surface area contributed by atoms with E-state index in [2.05, 4.69) is 10.3 Å². The molecule has 39 heavy (non-hydrogen) atoms. The van der Waals surface area contributed by atoms with E-state index in [9.17, 15) is 15.0 Å². The lowest BCUT2D eigenvalue weighted by Gasteiger charge is -2.64. The monoisotopic (exact) mass is 564 g/mol. The van der Waals surface area contributed by atoms with Gasteiger partial charge in [0.05, 0.1) is 23.5 Å². The lowest BCUT2D eigenvalue weighted by molar-refractivity contribution is -0.200. The van der Waals surface area contributed by atoms with Gasteiger partial charge in [-0.1, -0.05) is 17.7 Å². The van der Waals surface area contributed by atoms with Gasteiger partial charge in [-0.3, -0.25) is 9.69 Å². The van der Waals surface area contributed by atoms with Crippen LogP contribution in [0.2, 0.25) is 5.02 Å². The molecule has 3 aliphatic carbocycles. The van der Waals surface area contributed by atoms with Crippen LogP contribution in [0.25, 0.3) is 10.1 Å². The van der Waals surface area contributed by atoms with Crippen molar-refractivity contribution in [2.75, 3.05) is 20.1 Å². The molecule has 1 aromatic heterocycles. The zero-order valence-corrected chi connectivity index (χ0v) is 23.6. The van der Waals surface area contributed by atoms with Crippen molar-refractivity contribution in [1.29, 1.82) is 0 Å². The van der Waals surface area contributed by atoms with E-state index < -0.39 is 17.1 Å². The summed E-state index contributed by atoms with van der Waals surface area (Å²) in [6.45, 7) is 1.96. The predicted octanol–water partition coefficient (Wildman–Crippen LogP) is 4.89. The molecule has 3 heterocycles. The smallest absolute Gasteiger partial charge is 0.227 e. The Labute approximate surface area is 237 Å². The van der Waals surface area contributed by atoms with Crippen LogP contribution in [0.5, 0.6) is 11.5 Å². The Morgan fingerprint density at radius 3 is 2.90 bits per heavy atom. The summed E-state index contributed by atoms with van der Waals surface area (Å²) in [5, 5.41) is 27.3. The number of hydrogen-bond acceptors (Lipinski definition) is 6. The molecule has 8 rings (SSSR count). The highest BCUT2D eigenvalue weighted by Crippen LogP contribution is 2.66. The van der Waals surface area contributed by atoms with Crippen molar-refractivity contribution < 1.29 is 19.7 Å². The average molecular weight is 565 g/mol. The van der Waals surface area contributed by atoms with Gasteiger partial charge in [0.1, 0.15) is 6.10 Å². The molecule has 2 bridgehead atoms. The Morgan fingerprint density at radius 2 is 2.08 bits per heavy atom. The fraction of sp³-hybridized carbons (Fsp3) is 0.516. The molecular weight excluding hydrogens is 532 g/mol. The number of carbonyl (C=O) groups is 1. The van der Waals surface area contributed by atoms with Gasteiger partial charge in [-0.15, -0.1) is 11.3 Å². The number of likely N-dealkylation sites (N-methyl/N-ethyl adjacent to an activating group) is 1. The molecule has 2 saturated carbocycles. The normalized spacial score (nSPS) is 32.6. The fourth-order valence-electron chi connectivity index (χ4n) is 8.52. The van der Waals surface area contributed by atoms with Gasteiger partial charge in [0.15, 0.2) is 11.5 Å². The number of rotatable bonds is 5. The molecular formula is C31H33ClN2O4S. The Kier molecular flexibility index (Phi) is 5.24. The van der Waals surface area contributed by atoms with Crippen LogP contribution in [-0.2, 0) is 23.1 Å². The summed E-state index contributed by atoms with van der Waals surface area (Å²) in [7, 11) is 1.88. The molecule has 2 N–H and O–H groups in total. The molecule has 5 aliphatic rings. The fourth-order valence-corrected chi connectivity index (χ4v) is 9.63. The van der Waals surface area contributed by atoms with Gasteiger partial charge in [-0.2, -0.15) is 0 Å². The zero-order valence-electron chi connectivity index (χ0n) is 22.0. The van der Waals surface area contributed by atoms with Crippen LogP contribution in [-0.4, -0.2) is 69.8 Å². The van der Waals surface area contributed by atoms with Gasteiger partial charge in [-0.25, -0.2) is 0 Å². The number of halogens is 1. The van der Waals surface area contributed by atoms with E-state index in [0.717, 1.165) is 53.1 Å². The number of nitrogens with zero attached hydrogens (tertiary/aromatic N) is 2. The van der Waals surface area contributed by atoms with Crippen LogP contribution in [0.15, 0.2) is 35.7 Å². The third kappa shape index (κ3) is 3.30. The SMILES string of the molecule is CN(C(=O)Cc1csc2ccc(Cl)cc12)[C@@H]1CC[C@@]2(O)[C@@H]3Cc4ccc(O)c5c4[C@@]2(CCN3CC2CC2)[C@H]1O5. The van der Waals surface area contributed by atoms with E-state index in [-0.39, 0.29) is 23.7 Å². The van der Waals surface area contributed by atoms with E-state index in [1.54, 1.807) is 17.4 Å². The Bertz CT molecular complexity index is 1520. The first-order valence-corrected chi connectivity index (χ1v) is 15.5. The molecule has 1 spiro atoms. The number of benzene rings is 2. The first kappa shape index (κ1) is 24.5. The molecule has 1 amide bonds. The third-order valence-corrected chi connectivity index (χ3v) is 11.8. The maximum Gasteiger partial charge on any atom is 0.227 e. The molecule has 1 saturated heterocycles. The van der Waals surface area contributed by atoms with Crippen molar-refractivity contribution in [3.05, 3.63) is 57.4 Å². The second-order valence-corrected chi connectivity index (χ2v) is 13.8. The largest absolute Gasteiger partial charge is 0.504 e. The van der Waals surface area contributed by atoms with Crippen molar-refractivity contribution in [1.82, 2.24) is 9.80 Å². The van der Waals surface area contributed by atoms with Gasteiger partial charge < -0.3 is 19.8 Å². The summed E-state index contributed by atoms with van der Waals surface area (Å²) in [5.41, 5.74) is 1.59. The molecule has 204 valence electrons. The molecule has 2 aromatic carbocycles. The molecule has 0 unspecified atom stereocenters. The van der Waals surface area contributed by atoms with Crippen LogP contribution in [0.1, 0.15) is 48.8 Å². The highest BCUT2D eigenvalue weighted by Gasteiger charge is 2.73. The van der Waals surface area contributed by atoms with Gasteiger partial charge in [0.2, 0.25) is 5.91 Å².